The minimum Gasteiger partial charge on any atom is -0.416 e. The van der Waals surface area contributed by atoms with Crippen molar-refractivity contribution in [2.24, 2.45) is 5.92 Å². The number of rotatable bonds is 9. The molecule has 1 fully saturated rings. The number of aromatic nitrogens is 2. The number of nitrogens with one attached hydrogen (secondary N) is 2. The average molecular weight is 496 g/mol. The Balaban J connectivity index is 2.24. The third-order valence-electron chi connectivity index (χ3n) is 7.77. The van der Waals surface area contributed by atoms with Gasteiger partial charge in [-0.1, -0.05) is 41.5 Å². The lowest BCUT2D eigenvalue weighted by molar-refractivity contribution is -0.105. The number of nitrogen functional groups attached to an aromatic ring is 1. The fraction of sp³-hybridized carbons (Fsp3) is 0.783. The van der Waals surface area contributed by atoms with Crippen molar-refractivity contribution in [1.82, 2.24) is 9.97 Å². The minimum absolute atomic E-state index is 0.106. The number of nitrogens with zero attached hydrogens (tertiary/aromatic N) is 2. The van der Waals surface area contributed by atoms with Crippen LogP contribution in [0.25, 0.3) is 0 Å². The summed E-state index contributed by atoms with van der Waals surface area (Å²) < 4.78 is 13.5. The average Bonchev–Trinajstić information content (AvgIpc) is 3.01. The van der Waals surface area contributed by atoms with Crippen molar-refractivity contribution < 1.29 is 13.6 Å². The van der Waals surface area contributed by atoms with Crippen LogP contribution >= 0.6 is 0 Å². The zero-order chi connectivity index (χ0) is 25.2. The fourth-order valence-electron chi connectivity index (χ4n) is 3.51. The van der Waals surface area contributed by atoms with Crippen LogP contribution in [0, 0.1) is 5.92 Å². The van der Waals surface area contributed by atoms with E-state index in [2.05, 4.69) is 88.3 Å². The Labute approximate surface area is 202 Å². The maximum atomic E-state index is 11.1. The Bertz CT molecular complexity index is 821. The van der Waals surface area contributed by atoms with Crippen molar-refractivity contribution in [2.45, 2.75) is 103 Å². The molecular formula is C23H45N5O3Si2. The summed E-state index contributed by atoms with van der Waals surface area (Å²) in [6.07, 6.45) is 3.86. The highest BCUT2D eigenvalue weighted by Gasteiger charge is 2.45. The van der Waals surface area contributed by atoms with Gasteiger partial charge in [0.25, 0.3) is 0 Å². The molecule has 4 N–H and O–H groups in total. The van der Waals surface area contributed by atoms with E-state index in [0.29, 0.717) is 24.5 Å². The number of anilines is 3. The molecule has 0 bridgehead atoms. The maximum Gasteiger partial charge on any atom is 0.211 e. The first-order valence-corrected chi connectivity index (χ1v) is 17.7. The summed E-state index contributed by atoms with van der Waals surface area (Å²) in [7, 11) is -3.82. The van der Waals surface area contributed by atoms with E-state index in [1.54, 1.807) is 0 Å². The van der Waals surface area contributed by atoms with Gasteiger partial charge in [0.2, 0.25) is 6.41 Å². The van der Waals surface area contributed by atoms with Crippen LogP contribution < -0.4 is 16.4 Å². The minimum atomic E-state index is -1.95. The number of carbonyl (C=O) groups is 1. The Kier molecular flexibility index (Phi) is 8.42. The van der Waals surface area contributed by atoms with Gasteiger partial charge in [0.15, 0.2) is 28.3 Å². The summed E-state index contributed by atoms with van der Waals surface area (Å²) in [5.41, 5.74) is 6.37. The van der Waals surface area contributed by atoms with Gasteiger partial charge < -0.3 is 25.2 Å². The molecule has 1 saturated carbocycles. The van der Waals surface area contributed by atoms with Gasteiger partial charge in [0, 0.05) is 18.6 Å². The summed E-state index contributed by atoms with van der Waals surface area (Å²) in [5, 5.41) is 6.40. The highest BCUT2D eigenvalue weighted by atomic mass is 28.4. The zero-order valence-corrected chi connectivity index (χ0v) is 24.2. The van der Waals surface area contributed by atoms with Crippen LogP contribution in [0.2, 0.25) is 36.3 Å². The van der Waals surface area contributed by atoms with Gasteiger partial charge in [0.1, 0.15) is 12.0 Å². The standard InChI is InChI=1S/C23H45N5O3Si2/c1-22(2,3)32(7,8)30-13-16-11-17(12-18(16)31-33(9,10)23(4,5)6)28-21-19(27-15-29)20(24)25-14-26-21/h14-18H,11-13H2,1-10H3,(H,27,29)(H3,24,25,26,28)/t16-,17-,18+/m1/s1. The molecule has 1 aliphatic carbocycles. The van der Waals surface area contributed by atoms with Crippen molar-refractivity contribution in [3.05, 3.63) is 6.33 Å². The largest absolute Gasteiger partial charge is 0.416 e. The third kappa shape index (κ3) is 6.77. The maximum absolute atomic E-state index is 11.1. The van der Waals surface area contributed by atoms with Crippen LogP contribution in [-0.2, 0) is 13.6 Å². The molecule has 0 aromatic carbocycles. The number of hydrogen-bond donors (Lipinski definition) is 3. The van der Waals surface area contributed by atoms with Crippen molar-refractivity contribution in [3.63, 3.8) is 0 Å². The topological polar surface area (TPSA) is 111 Å². The van der Waals surface area contributed by atoms with Gasteiger partial charge in [-0.25, -0.2) is 9.97 Å². The van der Waals surface area contributed by atoms with Crippen LogP contribution in [0.15, 0.2) is 6.33 Å². The SMILES string of the molecule is CC(C)(C)[Si](C)(C)OC[C@H]1C[C@@H](Nc2ncnc(N)c2NC=O)C[C@@H]1O[Si](C)(C)C(C)(C)C. The smallest absolute Gasteiger partial charge is 0.211 e. The summed E-state index contributed by atoms with van der Waals surface area (Å²) in [4.78, 5) is 19.4. The van der Waals surface area contributed by atoms with E-state index in [1.807, 2.05) is 0 Å². The monoisotopic (exact) mass is 495 g/mol. The Morgan fingerprint density at radius 3 is 2.21 bits per heavy atom. The second-order valence-electron chi connectivity index (χ2n) is 12.3. The van der Waals surface area contributed by atoms with E-state index in [9.17, 15) is 4.79 Å². The van der Waals surface area contributed by atoms with E-state index in [0.717, 1.165) is 12.8 Å². The summed E-state index contributed by atoms with van der Waals surface area (Å²) in [6, 6.07) is 0.134. The van der Waals surface area contributed by atoms with E-state index < -0.39 is 16.6 Å². The fourth-order valence-corrected chi connectivity index (χ4v) is 5.98. The molecule has 3 atom stereocenters. The van der Waals surface area contributed by atoms with Crippen LogP contribution in [0.5, 0.6) is 0 Å². The van der Waals surface area contributed by atoms with E-state index in [-0.39, 0.29) is 34.0 Å². The first-order valence-electron chi connectivity index (χ1n) is 11.9. The Morgan fingerprint density at radius 2 is 1.67 bits per heavy atom. The van der Waals surface area contributed by atoms with Crippen LogP contribution in [0.1, 0.15) is 54.4 Å². The third-order valence-corrected chi connectivity index (χ3v) is 16.8. The van der Waals surface area contributed by atoms with E-state index in [1.165, 1.54) is 6.33 Å². The molecular weight excluding hydrogens is 450 g/mol. The van der Waals surface area contributed by atoms with Crippen molar-refractivity contribution in [2.75, 3.05) is 23.0 Å². The molecule has 0 radical (unpaired) electrons. The summed E-state index contributed by atoms with van der Waals surface area (Å²) in [5.74, 6) is 1.06. The van der Waals surface area contributed by atoms with E-state index in [4.69, 9.17) is 14.6 Å². The Morgan fingerprint density at radius 1 is 1.06 bits per heavy atom. The molecule has 1 aliphatic rings. The molecule has 33 heavy (non-hydrogen) atoms. The van der Waals surface area contributed by atoms with Gasteiger partial charge in [-0.2, -0.15) is 0 Å². The van der Waals surface area contributed by atoms with Crippen molar-refractivity contribution in [3.8, 4) is 0 Å². The normalized spacial score (nSPS) is 22.3. The van der Waals surface area contributed by atoms with Gasteiger partial charge in [0.05, 0.1) is 6.10 Å². The lowest BCUT2D eigenvalue weighted by Crippen LogP contribution is -2.46. The molecule has 0 spiro atoms. The number of amides is 1. The van der Waals surface area contributed by atoms with Crippen LogP contribution in [0.3, 0.4) is 0 Å². The van der Waals surface area contributed by atoms with Gasteiger partial charge in [-0.05, 0) is 49.1 Å². The molecule has 10 heteroatoms. The first kappa shape index (κ1) is 27.7. The van der Waals surface area contributed by atoms with Crippen LogP contribution in [0.4, 0.5) is 17.3 Å². The molecule has 1 amide bonds. The second kappa shape index (κ2) is 10.0. The molecule has 0 unspecified atom stereocenters. The quantitative estimate of drug-likeness (QED) is 0.318. The highest BCUT2D eigenvalue weighted by molar-refractivity contribution is 6.74. The zero-order valence-electron chi connectivity index (χ0n) is 22.2. The molecule has 0 saturated heterocycles. The second-order valence-corrected chi connectivity index (χ2v) is 21.9. The predicted molar refractivity (Wildman–Crippen MR) is 141 cm³/mol. The van der Waals surface area contributed by atoms with Crippen molar-refractivity contribution in [1.29, 1.82) is 0 Å². The lowest BCUT2D eigenvalue weighted by atomic mass is 10.1. The summed E-state index contributed by atoms with van der Waals surface area (Å²) >= 11 is 0. The number of hydrogen-bond acceptors (Lipinski definition) is 7. The number of nitrogens with two attached hydrogens (primary N) is 1. The number of carbonyl (C=O) groups excluding carboxylic acids is 1. The molecule has 2 rings (SSSR count). The highest BCUT2D eigenvalue weighted by Crippen LogP contribution is 2.43. The van der Waals surface area contributed by atoms with Crippen LogP contribution in [-0.4, -0.2) is 51.8 Å². The molecule has 1 heterocycles. The summed E-state index contributed by atoms with van der Waals surface area (Å²) in [6.45, 7) is 23.5. The van der Waals surface area contributed by atoms with Gasteiger partial charge in [-0.3, -0.25) is 4.79 Å². The van der Waals surface area contributed by atoms with E-state index >= 15 is 0 Å². The van der Waals surface area contributed by atoms with Crippen molar-refractivity contribution >= 4 is 40.4 Å². The predicted octanol–water partition coefficient (Wildman–Crippen LogP) is 5.23. The molecule has 8 nitrogen and oxygen atoms in total. The van der Waals surface area contributed by atoms with Gasteiger partial charge >= 0.3 is 0 Å². The van der Waals surface area contributed by atoms with Gasteiger partial charge in [-0.15, -0.1) is 0 Å². The first-order chi connectivity index (χ1) is 15.0. The Hall–Kier alpha value is -1.50. The lowest BCUT2D eigenvalue weighted by Gasteiger charge is -2.41. The molecule has 0 aliphatic heterocycles. The molecule has 1 aromatic heterocycles. The molecule has 1 aromatic rings. The molecule has 188 valence electrons.